The molecule has 18 heavy (non-hydrogen) atoms. The molecule has 3 aromatic rings. The molecular weight excluding hydrogens is 403 g/mol. The number of nitrogens with zero attached hydrogens (tertiary/aromatic N) is 2. The van der Waals surface area contributed by atoms with Crippen molar-refractivity contribution in [1.82, 2.24) is 9.38 Å². The lowest BCUT2D eigenvalue weighted by Gasteiger charge is -1.96. The monoisotopic (exact) mass is 414 g/mol. The van der Waals surface area contributed by atoms with Crippen molar-refractivity contribution in [3.8, 4) is 11.3 Å². The molecule has 0 fully saturated rings. The fourth-order valence-electron chi connectivity index (χ4n) is 1.94. The van der Waals surface area contributed by atoms with Crippen LogP contribution in [0.15, 0.2) is 53.1 Å². The standard InChI is InChI=1S/C14H11BrN2.HI/c1-10-4-2-7-14-16-13(9-17(10)14)11-5-3-6-12(15)8-11;/h2-9H,1H3;1H. The molecule has 0 radical (unpaired) electrons. The van der Waals surface area contributed by atoms with Gasteiger partial charge in [-0.1, -0.05) is 34.1 Å². The summed E-state index contributed by atoms with van der Waals surface area (Å²) in [5.74, 6) is 0. The largest absolute Gasteiger partial charge is 0.304 e. The van der Waals surface area contributed by atoms with Crippen molar-refractivity contribution in [3.63, 3.8) is 0 Å². The molecule has 0 saturated heterocycles. The van der Waals surface area contributed by atoms with Gasteiger partial charge in [-0.3, -0.25) is 0 Å². The Morgan fingerprint density at radius 3 is 2.61 bits per heavy atom. The van der Waals surface area contributed by atoms with Crippen LogP contribution in [-0.2, 0) is 0 Å². The van der Waals surface area contributed by atoms with Crippen LogP contribution in [0.3, 0.4) is 0 Å². The molecule has 0 aliphatic carbocycles. The van der Waals surface area contributed by atoms with E-state index < -0.39 is 0 Å². The first kappa shape index (κ1) is 13.5. The van der Waals surface area contributed by atoms with Crippen molar-refractivity contribution in [3.05, 3.63) is 58.8 Å². The second-order valence-corrected chi connectivity index (χ2v) is 4.95. The van der Waals surface area contributed by atoms with Gasteiger partial charge in [0.25, 0.3) is 0 Å². The zero-order valence-electron chi connectivity index (χ0n) is 9.80. The fourth-order valence-corrected chi connectivity index (χ4v) is 2.33. The van der Waals surface area contributed by atoms with E-state index >= 15 is 0 Å². The molecule has 0 N–H and O–H groups in total. The summed E-state index contributed by atoms with van der Waals surface area (Å²) in [5.41, 5.74) is 4.30. The van der Waals surface area contributed by atoms with Gasteiger partial charge >= 0.3 is 0 Å². The van der Waals surface area contributed by atoms with Crippen LogP contribution < -0.4 is 0 Å². The van der Waals surface area contributed by atoms with Gasteiger partial charge < -0.3 is 4.40 Å². The van der Waals surface area contributed by atoms with E-state index in [0.717, 1.165) is 21.4 Å². The molecule has 0 spiro atoms. The number of hydrogen-bond donors (Lipinski definition) is 0. The van der Waals surface area contributed by atoms with Crippen molar-refractivity contribution in [1.29, 1.82) is 0 Å². The number of aromatic nitrogens is 2. The van der Waals surface area contributed by atoms with Gasteiger partial charge in [-0.2, -0.15) is 0 Å². The van der Waals surface area contributed by atoms with Crippen molar-refractivity contribution in [2.24, 2.45) is 0 Å². The predicted molar refractivity (Wildman–Crippen MR) is 88.5 cm³/mol. The molecule has 0 saturated carbocycles. The number of rotatable bonds is 1. The van der Waals surface area contributed by atoms with E-state index in [-0.39, 0.29) is 24.0 Å². The van der Waals surface area contributed by atoms with Gasteiger partial charge in [0, 0.05) is 21.9 Å². The number of imidazole rings is 1. The Kier molecular flexibility index (Phi) is 4.07. The minimum absolute atomic E-state index is 0. The Hall–Kier alpha value is -0.880. The summed E-state index contributed by atoms with van der Waals surface area (Å²) in [6, 6.07) is 14.3. The minimum Gasteiger partial charge on any atom is -0.304 e. The highest BCUT2D eigenvalue weighted by molar-refractivity contribution is 14.0. The topological polar surface area (TPSA) is 17.3 Å². The highest BCUT2D eigenvalue weighted by Crippen LogP contribution is 2.23. The third kappa shape index (κ3) is 2.44. The lowest BCUT2D eigenvalue weighted by atomic mass is 10.2. The molecule has 2 heterocycles. The molecule has 0 unspecified atom stereocenters. The number of hydrogen-bond acceptors (Lipinski definition) is 1. The zero-order valence-corrected chi connectivity index (χ0v) is 13.7. The lowest BCUT2D eigenvalue weighted by molar-refractivity contribution is 1.09. The summed E-state index contributed by atoms with van der Waals surface area (Å²) >= 11 is 3.48. The lowest BCUT2D eigenvalue weighted by Crippen LogP contribution is -1.86. The fraction of sp³-hybridized carbons (Fsp3) is 0.0714. The van der Waals surface area contributed by atoms with Gasteiger partial charge in [0.2, 0.25) is 0 Å². The van der Waals surface area contributed by atoms with E-state index in [0.29, 0.717) is 0 Å². The first-order valence-electron chi connectivity index (χ1n) is 5.45. The maximum absolute atomic E-state index is 4.63. The summed E-state index contributed by atoms with van der Waals surface area (Å²) in [7, 11) is 0. The van der Waals surface area contributed by atoms with Crippen LogP contribution in [0.1, 0.15) is 5.69 Å². The van der Waals surface area contributed by atoms with Crippen LogP contribution in [0, 0.1) is 6.92 Å². The molecule has 3 rings (SSSR count). The Bertz CT molecular complexity index is 691. The number of halogens is 2. The molecule has 0 amide bonds. The normalized spacial score (nSPS) is 10.3. The average Bonchev–Trinajstić information content (AvgIpc) is 2.74. The van der Waals surface area contributed by atoms with E-state index in [9.17, 15) is 0 Å². The number of benzene rings is 1. The van der Waals surface area contributed by atoms with Crippen LogP contribution in [-0.4, -0.2) is 9.38 Å². The first-order valence-corrected chi connectivity index (χ1v) is 6.24. The van der Waals surface area contributed by atoms with Crippen LogP contribution in [0.2, 0.25) is 0 Å². The van der Waals surface area contributed by atoms with Crippen molar-refractivity contribution >= 4 is 45.6 Å². The Morgan fingerprint density at radius 1 is 1.11 bits per heavy atom. The first-order chi connectivity index (χ1) is 8.24. The van der Waals surface area contributed by atoms with E-state index in [1.54, 1.807) is 0 Å². The predicted octanol–water partition coefficient (Wildman–Crippen LogP) is 4.69. The van der Waals surface area contributed by atoms with Crippen LogP contribution in [0.25, 0.3) is 16.9 Å². The summed E-state index contributed by atoms with van der Waals surface area (Å²) < 4.78 is 3.18. The van der Waals surface area contributed by atoms with E-state index in [4.69, 9.17) is 0 Å². The maximum atomic E-state index is 4.63. The average molecular weight is 415 g/mol. The van der Waals surface area contributed by atoms with Gasteiger partial charge in [-0.15, -0.1) is 24.0 Å². The minimum atomic E-state index is 0. The zero-order chi connectivity index (χ0) is 11.8. The third-order valence-electron chi connectivity index (χ3n) is 2.82. The van der Waals surface area contributed by atoms with Gasteiger partial charge in [-0.05, 0) is 31.2 Å². The highest BCUT2D eigenvalue weighted by atomic mass is 127. The summed E-state index contributed by atoms with van der Waals surface area (Å²) in [5, 5.41) is 0. The number of pyridine rings is 1. The number of fused-ring (bicyclic) bond motifs is 1. The molecule has 0 aliphatic rings. The molecule has 2 aromatic heterocycles. The summed E-state index contributed by atoms with van der Waals surface area (Å²) in [4.78, 5) is 4.63. The Morgan fingerprint density at radius 2 is 1.89 bits per heavy atom. The van der Waals surface area contributed by atoms with Gasteiger partial charge in [0.05, 0.1) is 5.69 Å². The van der Waals surface area contributed by atoms with Gasteiger partial charge in [-0.25, -0.2) is 4.98 Å². The molecular formula is C14H12BrIN2. The molecule has 2 nitrogen and oxygen atoms in total. The second kappa shape index (κ2) is 5.40. The van der Waals surface area contributed by atoms with E-state index in [1.165, 1.54) is 5.69 Å². The smallest absolute Gasteiger partial charge is 0.137 e. The van der Waals surface area contributed by atoms with Crippen LogP contribution in [0.4, 0.5) is 0 Å². The molecule has 92 valence electrons. The summed E-state index contributed by atoms with van der Waals surface area (Å²) in [6.07, 6.45) is 2.08. The quantitative estimate of drug-likeness (QED) is 0.528. The Labute approximate surface area is 131 Å². The highest BCUT2D eigenvalue weighted by Gasteiger charge is 2.05. The summed E-state index contributed by atoms with van der Waals surface area (Å²) in [6.45, 7) is 2.08. The van der Waals surface area contributed by atoms with Gasteiger partial charge in [0.15, 0.2) is 0 Å². The van der Waals surface area contributed by atoms with E-state index in [2.05, 4.69) is 56.6 Å². The molecule has 0 atom stereocenters. The van der Waals surface area contributed by atoms with Crippen molar-refractivity contribution < 1.29 is 0 Å². The van der Waals surface area contributed by atoms with Crippen molar-refractivity contribution in [2.45, 2.75) is 6.92 Å². The third-order valence-corrected chi connectivity index (χ3v) is 3.31. The SMILES string of the molecule is Cc1cccc2nc(-c3cccc(Br)c3)cn12.I. The molecule has 0 bridgehead atoms. The van der Waals surface area contributed by atoms with Crippen LogP contribution >= 0.6 is 39.9 Å². The van der Waals surface area contributed by atoms with Gasteiger partial charge in [0.1, 0.15) is 5.65 Å². The maximum Gasteiger partial charge on any atom is 0.137 e. The van der Waals surface area contributed by atoms with Crippen molar-refractivity contribution in [2.75, 3.05) is 0 Å². The molecule has 4 heteroatoms. The second-order valence-electron chi connectivity index (χ2n) is 4.03. The molecule has 0 aliphatic heterocycles. The molecule has 1 aromatic carbocycles. The van der Waals surface area contributed by atoms with E-state index in [1.807, 2.05) is 24.3 Å². The number of aryl methyl sites for hydroxylation is 1. The van der Waals surface area contributed by atoms with Crippen LogP contribution in [0.5, 0.6) is 0 Å². The Balaban J connectivity index is 0.00000120.